The third kappa shape index (κ3) is 4.92. The fourth-order valence-corrected chi connectivity index (χ4v) is 2.65. The van der Waals surface area contributed by atoms with Crippen LogP contribution in [0.4, 0.5) is 5.69 Å². The van der Waals surface area contributed by atoms with Crippen molar-refractivity contribution in [3.05, 3.63) is 77.0 Å². The van der Waals surface area contributed by atoms with Crippen molar-refractivity contribution in [1.82, 2.24) is 0 Å². The smallest absolute Gasteiger partial charge is 0.349 e. The quantitative estimate of drug-likeness (QED) is 0.538. The Bertz CT molecular complexity index is 830. The topological polar surface area (TPSA) is 64.6 Å². The first-order valence-corrected chi connectivity index (χ1v) is 8.42. The van der Waals surface area contributed by atoms with Gasteiger partial charge >= 0.3 is 5.97 Å². The van der Waals surface area contributed by atoms with E-state index in [1.165, 1.54) is 11.3 Å². The van der Waals surface area contributed by atoms with Crippen LogP contribution >= 0.6 is 11.3 Å². The number of esters is 1. The van der Waals surface area contributed by atoms with Gasteiger partial charge in [-0.1, -0.05) is 24.3 Å². The number of para-hydroxylation sites is 1. The van der Waals surface area contributed by atoms with Crippen LogP contribution in [0.1, 0.15) is 9.67 Å². The molecule has 1 heterocycles. The molecular weight excluding hydrogens is 338 g/mol. The van der Waals surface area contributed by atoms with Gasteiger partial charge in [0.1, 0.15) is 11.5 Å². The van der Waals surface area contributed by atoms with Gasteiger partial charge in [-0.25, -0.2) is 4.79 Å². The Hall–Kier alpha value is -3.12. The highest BCUT2D eigenvalue weighted by Crippen LogP contribution is 2.18. The van der Waals surface area contributed by atoms with Gasteiger partial charge in [0.15, 0.2) is 6.61 Å². The highest BCUT2D eigenvalue weighted by molar-refractivity contribution is 7.12. The first kappa shape index (κ1) is 16.7. The Kier molecular flexibility index (Phi) is 5.43. The number of carbonyl (C=O) groups is 2. The van der Waals surface area contributed by atoms with Crippen molar-refractivity contribution in [1.29, 1.82) is 0 Å². The van der Waals surface area contributed by atoms with Gasteiger partial charge in [0.2, 0.25) is 0 Å². The molecule has 0 saturated carbocycles. The number of thiophene rings is 1. The second kappa shape index (κ2) is 8.12. The molecule has 5 nitrogen and oxygen atoms in total. The van der Waals surface area contributed by atoms with E-state index in [0.717, 1.165) is 0 Å². The molecule has 0 fully saturated rings. The fourth-order valence-electron chi connectivity index (χ4n) is 2.03. The predicted octanol–water partition coefficient (Wildman–Crippen LogP) is 3.98. The average Bonchev–Trinajstić information content (AvgIpc) is 3.17. The van der Waals surface area contributed by atoms with E-state index in [-0.39, 0.29) is 12.5 Å². The molecule has 126 valence electrons. The number of hydrogen-bond acceptors (Lipinski definition) is 5. The van der Waals surface area contributed by atoms with Gasteiger partial charge in [0, 0.05) is 5.69 Å². The zero-order valence-electron chi connectivity index (χ0n) is 13.2. The summed E-state index contributed by atoms with van der Waals surface area (Å²) in [6.45, 7) is -0.180. The lowest BCUT2D eigenvalue weighted by molar-refractivity contribution is -0.136. The van der Waals surface area contributed by atoms with Crippen molar-refractivity contribution in [3.8, 4) is 11.5 Å². The molecule has 0 aliphatic heterocycles. The standard InChI is InChI=1S/C19H15NO4S/c21-18(13-23-15-5-2-1-3-6-15)24-16-10-8-14(9-11-16)20-19(22)17-7-4-12-25-17/h1-12H,13H2,(H,20,22). The van der Waals surface area contributed by atoms with Crippen molar-refractivity contribution < 1.29 is 19.1 Å². The molecule has 2 aromatic carbocycles. The maximum Gasteiger partial charge on any atom is 0.349 e. The molecule has 1 aromatic heterocycles. The second-order valence-corrected chi connectivity index (χ2v) is 5.98. The molecule has 3 rings (SSSR count). The summed E-state index contributed by atoms with van der Waals surface area (Å²) in [5.74, 6) is 0.317. The average molecular weight is 353 g/mol. The van der Waals surface area contributed by atoms with E-state index in [4.69, 9.17) is 9.47 Å². The van der Waals surface area contributed by atoms with Crippen LogP contribution in [0.15, 0.2) is 72.1 Å². The minimum absolute atomic E-state index is 0.170. The fraction of sp³-hybridized carbons (Fsp3) is 0.0526. The van der Waals surface area contributed by atoms with E-state index < -0.39 is 5.97 Å². The minimum atomic E-state index is -0.501. The van der Waals surface area contributed by atoms with Gasteiger partial charge in [0.25, 0.3) is 5.91 Å². The lowest BCUT2D eigenvalue weighted by Crippen LogP contribution is -2.17. The summed E-state index contributed by atoms with van der Waals surface area (Å²) in [6, 6.07) is 19.2. The Balaban J connectivity index is 1.50. The monoisotopic (exact) mass is 353 g/mol. The molecule has 0 aliphatic carbocycles. The third-order valence-electron chi connectivity index (χ3n) is 3.19. The summed E-state index contributed by atoms with van der Waals surface area (Å²) in [4.78, 5) is 24.4. The molecule has 0 unspecified atom stereocenters. The number of anilines is 1. The molecule has 0 bridgehead atoms. The highest BCUT2D eigenvalue weighted by atomic mass is 32.1. The normalized spacial score (nSPS) is 10.1. The maximum atomic E-state index is 12.0. The zero-order chi connectivity index (χ0) is 17.5. The number of rotatable bonds is 6. The zero-order valence-corrected chi connectivity index (χ0v) is 14.0. The SMILES string of the molecule is O=C(COc1ccccc1)Oc1ccc(NC(=O)c2cccs2)cc1. The van der Waals surface area contributed by atoms with E-state index in [2.05, 4.69) is 5.32 Å². The maximum absolute atomic E-state index is 12.0. The first-order valence-electron chi connectivity index (χ1n) is 7.54. The van der Waals surface area contributed by atoms with E-state index in [1.54, 1.807) is 42.5 Å². The van der Waals surface area contributed by atoms with Gasteiger partial charge in [-0.15, -0.1) is 11.3 Å². The van der Waals surface area contributed by atoms with Crippen LogP contribution in [0, 0.1) is 0 Å². The molecule has 6 heteroatoms. The minimum Gasteiger partial charge on any atom is -0.482 e. The number of carbonyl (C=O) groups excluding carboxylic acids is 2. The third-order valence-corrected chi connectivity index (χ3v) is 4.06. The van der Waals surface area contributed by atoms with Crippen LogP contribution in [-0.2, 0) is 4.79 Å². The molecule has 3 aromatic rings. The summed E-state index contributed by atoms with van der Waals surface area (Å²) in [5.41, 5.74) is 0.624. The highest BCUT2D eigenvalue weighted by Gasteiger charge is 2.08. The van der Waals surface area contributed by atoms with E-state index in [1.807, 2.05) is 29.6 Å². The summed E-state index contributed by atoms with van der Waals surface area (Å²) in [5, 5.41) is 4.62. The van der Waals surface area contributed by atoms with Crippen LogP contribution in [0.2, 0.25) is 0 Å². The molecule has 1 N–H and O–H groups in total. The first-order chi connectivity index (χ1) is 12.2. The van der Waals surface area contributed by atoms with Gasteiger partial charge in [-0.05, 0) is 47.8 Å². The Morgan fingerprint density at radius 3 is 2.32 bits per heavy atom. The Morgan fingerprint density at radius 2 is 1.64 bits per heavy atom. The van der Waals surface area contributed by atoms with Gasteiger partial charge < -0.3 is 14.8 Å². The van der Waals surface area contributed by atoms with E-state index >= 15 is 0 Å². The van der Waals surface area contributed by atoms with E-state index in [0.29, 0.717) is 22.1 Å². The molecule has 1 amide bonds. The van der Waals surface area contributed by atoms with Crippen molar-refractivity contribution in [3.63, 3.8) is 0 Å². The van der Waals surface area contributed by atoms with Gasteiger partial charge in [0.05, 0.1) is 4.88 Å². The van der Waals surface area contributed by atoms with E-state index in [9.17, 15) is 9.59 Å². The molecular formula is C19H15NO4S. The summed E-state index contributed by atoms with van der Waals surface area (Å²) in [6.07, 6.45) is 0. The summed E-state index contributed by atoms with van der Waals surface area (Å²) >= 11 is 1.37. The van der Waals surface area contributed by atoms with Crippen molar-refractivity contribution >= 4 is 28.9 Å². The lowest BCUT2D eigenvalue weighted by atomic mass is 10.3. The van der Waals surface area contributed by atoms with Crippen LogP contribution in [0.3, 0.4) is 0 Å². The van der Waals surface area contributed by atoms with Crippen molar-refractivity contribution in [2.75, 3.05) is 11.9 Å². The second-order valence-electron chi connectivity index (χ2n) is 5.03. The van der Waals surface area contributed by atoms with Crippen LogP contribution in [0.25, 0.3) is 0 Å². The largest absolute Gasteiger partial charge is 0.482 e. The number of amides is 1. The van der Waals surface area contributed by atoms with Crippen LogP contribution in [0.5, 0.6) is 11.5 Å². The Labute approximate surface area is 148 Å². The van der Waals surface area contributed by atoms with Crippen molar-refractivity contribution in [2.24, 2.45) is 0 Å². The lowest BCUT2D eigenvalue weighted by Gasteiger charge is -2.08. The molecule has 0 radical (unpaired) electrons. The van der Waals surface area contributed by atoms with Crippen molar-refractivity contribution in [2.45, 2.75) is 0 Å². The number of benzene rings is 2. The predicted molar refractivity (Wildman–Crippen MR) is 96.3 cm³/mol. The van der Waals surface area contributed by atoms with Gasteiger partial charge in [-0.2, -0.15) is 0 Å². The molecule has 25 heavy (non-hydrogen) atoms. The molecule has 0 aliphatic rings. The molecule has 0 saturated heterocycles. The van der Waals surface area contributed by atoms with Crippen LogP contribution in [-0.4, -0.2) is 18.5 Å². The summed E-state index contributed by atoms with van der Waals surface area (Å²) < 4.78 is 10.5. The number of hydrogen-bond donors (Lipinski definition) is 1. The van der Waals surface area contributed by atoms with Gasteiger partial charge in [-0.3, -0.25) is 4.79 Å². The summed E-state index contributed by atoms with van der Waals surface area (Å²) in [7, 11) is 0. The molecule has 0 atom stereocenters. The van der Waals surface area contributed by atoms with Crippen LogP contribution < -0.4 is 14.8 Å². The Morgan fingerprint density at radius 1 is 0.880 bits per heavy atom. The molecule has 0 spiro atoms. The number of ether oxygens (including phenoxy) is 2. The number of nitrogens with one attached hydrogen (secondary N) is 1.